The molecular weight excluding hydrogens is 1080 g/mol. The number of aliphatic hydroxyl groups excluding tert-OH is 1. The number of hydrogen-bond acceptors (Lipinski definition) is 19. The van der Waals surface area contributed by atoms with Crippen LogP contribution in [0.1, 0.15) is 138 Å². The second-order valence-electron chi connectivity index (χ2n) is 24.6. The Hall–Kier alpha value is -7.27. The molecule has 2 amide bonds. The van der Waals surface area contributed by atoms with Gasteiger partial charge in [0.1, 0.15) is 29.5 Å². The first-order valence-electron chi connectivity index (χ1n) is 30.1. The average Bonchev–Trinajstić information content (AvgIpc) is 2.84. The van der Waals surface area contributed by atoms with Crippen LogP contribution < -0.4 is 37.1 Å². The number of anilines is 4. The number of aromatic hydroxyl groups is 1. The lowest BCUT2D eigenvalue weighted by atomic mass is 9.91. The maximum Gasteiger partial charge on any atom is 0.243 e. The summed E-state index contributed by atoms with van der Waals surface area (Å²) >= 11 is 1.60. The number of aromatic nitrogens is 6. The molecule has 6 aliphatic rings. The molecule has 1 aliphatic carbocycles. The van der Waals surface area contributed by atoms with Gasteiger partial charge in [0.25, 0.3) is 0 Å². The Morgan fingerprint density at radius 3 is 2.26 bits per heavy atom. The van der Waals surface area contributed by atoms with E-state index in [1.807, 2.05) is 74.3 Å². The fourth-order valence-corrected chi connectivity index (χ4v) is 14.7. The summed E-state index contributed by atoms with van der Waals surface area (Å²) in [6.45, 7) is 12.8. The highest BCUT2D eigenvalue weighted by Gasteiger charge is 2.46. The number of piperidine rings is 3. The molecule has 12 rings (SSSR count). The van der Waals surface area contributed by atoms with E-state index in [1.165, 1.54) is 4.90 Å². The lowest BCUT2D eigenvalue weighted by molar-refractivity contribution is -0.141. The molecule has 0 radical (unpaired) electrons. The molecule has 5 aliphatic heterocycles. The number of β-amino-alcohol motifs (C(OH)–C–C–N with tert-alkyl or cyclic N) is 1. The minimum absolute atomic E-state index is 0.0558. The molecule has 446 valence electrons. The van der Waals surface area contributed by atoms with E-state index < -0.39 is 18.1 Å². The van der Waals surface area contributed by atoms with Gasteiger partial charge in [-0.25, -0.2) is 15.0 Å². The van der Waals surface area contributed by atoms with Gasteiger partial charge in [0.2, 0.25) is 17.8 Å². The number of hydrogen-bond donors (Lipinski definition) is 6. The largest absolute Gasteiger partial charge is 0.507 e. The molecule has 1 saturated carbocycles. The molecule has 84 heavy (non-hydrogen) atoms. The highest BCUT2D eigenvalue weighted by Crippen LogP contribution is 2.45. The van der Waals surface area contributed by atoms with Gasteiger partial charge >= 0.3 is 0 Å². The molecule has 22 heteroatoms. The van der Waals surface area contributed by atoms with Gasteiger partial charge in [-0.2, -0.15) is 5.10 Å². The van der Waals surface area contributed by atoms with E-state index in [9.17, 15) is 19.8 Å². The molecule has 6 aromatic rings. The molecule has 2 aromatic carbocycles. The maximum absolute atomic E-state index is 14.4. The number of carbonyl (C=O) groups is 2. The van der Waals surface area contributed by atoms with Crippen molar-refractivity contribution >= 4 is 58.2 Å². The topological polar surface area (TPSA) is 279 Å². The third kappa shape index (κ3) is 12.0. The van der Waals surface area contributed by atoms with Crippen molar-refractivity contribution in [2.75, 3.05) is 60.5 Å². The Morgan fingerprint density at radius 1 is 0.869 bits per heavy atom. The van der Waals surface area contributed by atoms with Crippen LogP contribution in [0.5, 0.6) is 11.5 Å². The number of likely N-dealkylation sites (tertiary alicyclic amines) is 2. The first-order chi connectivity index (χ1) is 40.6. The first kappa shape index (κ1) is 57.2. The van der Waals surface area contributed by atoms with E-state index in [2.05, 4.69) is 35.3 Å². The smallest absolute Gasteiger partial charge is 0.243 e. The van der Waals surface area contributed by atoms with Gasteiger partial charge in [0.15, 0.2) is 23.1 Å². The third-order valence-electron chi connectivity index (χ3n) is 18.5. The molecule has 4 aromatic heterocycles. The summed E-state index contributed by atoms with van der Waals surface area (Å²) in [5.74, 6) is 2.21. The number of aryl methyl sites for hydroxylation is 1. The number of aliphatic hydroxyl groups is 1. The number of phenolic OH excluding ortho intramolecular Hbond substituents is 1. The van der Waals surface area contributed by atoms with Crippen LogP contribution in [-0.4, -0.2) is 144 Å². The number of thiazole rings is 1. The molecule has 9 N–H and O–H groups in total. The number of rotatable bonds is 18. The van der Waals surface area contributed by atoms with Crippen LogP contribution in [0.4, 0.5) is 23.3 Å². The normalized spacial score (nSPS) is 25.0. The van der Waals surface area contributed by atoms with Crippen molar-refractivity contribution in [3.05, 3.63) is 101 Å². The van der Waals surface area contributed by atoms with Crippen LogP contribution in [0.25, 0.3) is 22.2 Å². The number of nitrogens with two attached hydrogens (primary N) is 3. The quantitative estimate of drug-likeness (QED) is 0.0481. The van der Waals surface area contributed by atoms with Crippen molar-refractivity contribution in [3.8, 4) is 21.9 Å². The highest BCUT2D eigenvalue weighted by molar-refractivity contribution is 7.13. The van der Waals surface area contributed by atoms with Gasteiger partial charge in [-0.15, -0.1) is 11.3 Å². The van der Waals surface area contributed by atoms with Crippen molar-refractivity contribution < 1.29 is 33.8 Å². The Kier molecular flexibility index (Phi) is 16.6. The number of nitrogen functional groups attached to an aromatic ring is 2. The molecule has 21 nitrogen and oxygen atoms in total. The lowest BCUT2D eigenvalue weighted by Crippen LogP contribution is -2.48. The lowest BCUT2D eigenvalue weighted by Gasteiger charge is -2.41. The van der Waals surface area contributed by atoms with Gasteiger partial charge in [-0.3, -0.25) is 14.3 Å². The van der Waals surface area contributed by atoms with Crippen molar-refractivity contribution in [1.82, 2.24) is 45.0 Å². The summed E-state index contributed by atoms with van der Waals surface area (Å²) in [7, 11) is 0. The Bertz CT molecular complexity index is 3280. The second kappa shape index (κ2) is 24.4. The third-order valence-corrected chi connectivity index (χ3v) is 19.5. The number of carbonyl (C=O) groups excluding carboxylic acids is 2. The first-order valence-corrected chi connectivity index (χ1v) is 31.0. The summed E-state index contributed by atoms with van der Waals surface area (Å²) in [6, 6.07) is 16.4. The monoisotopic (exact) mass is 1160 g/mol. The van der Waals surface area contributed by atoms with Crippen molar-refractivity contribution in [2.24, 2.45) is 17.6 Å². The minimum Gasteiger partial charge on any atom is -0.507 e. The van der Waals surface area contributed by atoms with Crippen LogP contribution >= 0.6 is 11.3 Å². The fourth-order valence-electron chi connectivity index (χ4n) is 13.8. The van der Waals surface area contributed by atoms with Crippen LogP contribution in [-0.2, 0) is 14.3 Å². The number of nitrogens with zero attached hydrogens (tertiary/aromatic N) is 10. The van der Waals surface area contributed by atoms with Crippen LogP contribution in [0.15, 0.2) is 77.0 Å². The van der Waals surface area contributed by atoms with E-state index in [1.54, 1.807) is 48.0 Å². The summed E-state index contributed by atoms with van der Waals surface area (Å²) in [4.78, 5) is 52.1. The predicted molar refractivity (Wildman–Crippen MR) is 323 cm³/mol. The number of phenols is 1. The standard InChI is InChI=1S/C62H80N14O7S/c1-35(2)56(61(80)74-33-44(77)25-52(74)60(79)69-36(3)39-9-11-40(12-10-39)58-37(4)68-34-84-58)54-29-55(71-83-54)73-21-15-38(16-22-73)32-72-19-17-45(18-20-72)81-46-26-47(27-46)82-48-30-66-62(67-31-48)75-41-13-14-42(75)24-43(23-41)76-51(57(64)59(65)70-76)28-50(63)49-7-5-6-8-53(49)78/h5-12,28-31,34-36,38,41-47,52,56,77-78H,13-27,32-33,63-64H2,1-4H3,(H2,65,70)(H,69,79)/b50-28-/t36-,41?,42?,43?,44+,46?,47?,52-,56?/m0/s1. The number of benzene rings is 2. The summed E-state index contributed by atoms with van der Waals surface area (Å²) in [5, 5.41) is 33.5. The van der Waals surface area contributed by atoms with Crippen molar-refractivity contribution in [1.29, 1.82) is 0 Å². The van der Waals surface area contributed by atoms with E-state index in [0.717, 1.165) is 124 Å². The number of nitrogens with one attached hydrogen (secondary N) is 1. The SMILES string of the molecule is Cc1ncsc1-c1ccc([C@H](C)NC(=O)[C@@H]2C[C@@H](O)CN2C(=O)C(c2cc(N3CCC(CN4CCC(OC5CC(Oc6cnc(N7C8CCC7CC(n7nc(N)c(N)c7/C=C(\N)c7ccccc7O)C8)nc6)C5)CC4)CC3)no2)C(C)C)cc1. The van der Waals surface area contributed by atoms with Gasteiger partial charge in [-0.05, 0) is 106 Å². The molecule has 9 heterocycles. The van der Waals surface area contributed by atoms with E-state index >= 15 is 0 Å². The zero-order valence-electron chi connectivity index (χ0n) is 48.5. The minimum atomic E-state index is -0.806. The summed E-state index contributed by atoms with van der Waals surface area (Å²) in [6.07, 6.45) is 14.8. The van der Waals surface area contributed by atoms with Crippen molar-refractivity contribution in [3.63, 3.8) is 0 Å². The van der Waals surface area contributed by atoms with Crippen molar-refractivity contribution in [2.45, 2.75) is 159 Å². The van der Waals surface area contributed by atoms with Crippen LogP contribution in [0.3, 0.4) is 0 Å². The Labute approximate surface area is 494 Å². The maximum atomic E-state index is 14.4. The molecule has 0 spiro atoms. The zero-order valence-corrected chi connectivity index (χ0v) is 49.3. The van der Waals surface area contributed by atoms with Gasteiger partial charge in [0, 0.05) is 87.9 Å². The zero-order chi connectivity index (χ0) is 58.3. The summed E-state index contributed by atoms with van der Waals surface area (Å²) < 4.78 is 20.8. The average molecular weight is 1170 g/mol. The molecule has 6 fully saturated rings. The fraction of sp³-hybridized carbons (Fsp3) is 0.532. The number of para-hydroxylation sites is 1. The van der Waals surface area contributed by atoms with E-state index in [-0.39, 0.29) is 84.7 Å². The van der Waals surface area contributed by atoms with Crippen LogP contribution in [0.2, 0.25) is 0 Å². The Morgan fingerprint density at radius 2 is 1.58 bits per heavy atom. The van der Waals surface area contributed by atoms with Gasteiger partial charge in [0.05, 0.1) is 64.6 Å². The number of amides is 2. The Balaban J connectivity index is 0.557. The molecule has 5 saturated heterocycles. The second-order valence-corrected chi connectivity index (χ2v) is 25.5. The highest BCUT2D eigenvalue weighted by atomic mass is 32.1. The van der Waals surface area contributed by atoms with Crippen LogP contribution in [0, 0.1) is 18.8 Å². The van der Waals surface area contributed by atoms with Gasteiger partial charge in [-0.1, -0.05) is 55.4 Å². The molecule has 2 bridgehead atoms. The van der Waals surface area contributed by atoms with E-state index in [0.29, 0.717) is 46.0 Å². The molecule has 6 atom stereocenters. The molecule has 3 unspecified atom stereocenters. The van der Waals surface area contributed by atoms with Gasteiger partial charge < -0.3 is 66.3 Å². The predicted octanol–water partition coefficient (Wildman–Crippen LogP) is 7.68. The number of fused-ring (bicyclic) bond motifs is 2. The number of ether oxygens (including phenoxy) is 2. The molecular formula is C62H80N14O7S. The van der Waals surface area contributed by atoms with E-state index in [4.69, 9.17) is 41.2 Å². The summed E-state index contributed by atoms with van der Waals surface area (Å²) in [5.41, 5.74) is 25.9.